The standard InChI is InChI=1S/C27H24/c1-20-7-3-11-24(15-20)26-13-5-9-22(18-26)17-23-10-6-14-27(19-23)25-12-4-8-21(2)16-25/h3-16,18-19H,17H2,1-2H3. The molecule has 0 atom stereocenters. The Labute approximate surface area is 162 Å². The maximum absolute atomic E-state index is 2.31. The maximum Gasteiger partial charge on any atom is -0.00253 e. The molecule has 0 aliphatic carbocycles. The molecule has 0 aromatic heterocycles. The zero-order valence-electron chi connectivity index (χ0n) is 15.9. The highest BCUT2D eigenvalue weighted by molar-refractivity contribution is 5.66. The van der Waals surface area contributed by atoms with Crippen LogP contribution < -0.4 is 0 Å². The lowest BCUT2D eigenvalue weighted by molar-refractivity contribution is 1.19. The summed E-state index contributed by atoms with van der Waals surface area (Å²) < 4.78 is 0. The second-order valence-corrected chi connectivity index (χ2v) is 7.32. The van der Waals surface area contributed by atoms with Gasteiger partial charge in [0, 0.05) is 0 Å². The Hall–Kier alpha value is -3.12. The van der Waals surface area contributed by atoms with Gasteiger partial charge in [-0.05, 0) is 53.6 Å². The van der Waals surface area contributed by atoms with Crippen LogP contribution in [0.15, 0.2) is 97.1 Å². The highest BCUT2D eigenvalue weighted by Gasteiger charge is 2.04. The average molecular weight is 348 g/mol. The predicted octanol–water partition coefficient (Wildman–Crippen LogP) is 7.23. The zero-order valence-corrected chi connectivity index (χ0v) is 15.9. The van der Waals surface area contributed by atoms with Crippen molar-refractivity contribution in [3.63, 3.8) is 0 Å². The summed E-state index contributed by atoms with van der Waals surface area (Å²) in [4.78, 5) is 0. The fourth-order valence-corrected chi connectivity index (χ4v) is 3.61. The van der Waals surface area contributed by atoms with E-state index in [2.05, 4.69) is 111 Å². The third kappa shape index (κ3) is 4.17. The largest absolute Gasteiger partial charge is 0.0614 e. The van der Waals surface area contributed by atoms with Crippen molar-refractivity contribution in [1.82, 2.24) is 0 Å². The number of aryl methyl sites for hydroxylation is 2. The smallest absolute Gasteiger partial charge is 0.00253 e. The molecule has 0 aliphatic rings. The number of benzene rings is 4. The Bertz CT molecular complexity index is 985. The van der Waals surface area contributed by atoms with Crippen molar-refractivity contribution in [2.24, 2.45) is 0 Å². The molecule has 0 bridgehead atoms. The van der Waals surface area contributed by atoms with Crippen molar-refractivity contribution in [3.8, 4) is 22.3 Å². The normalized spacial score (nSPS) is 10.7. The van der Waals surface area contributed by atoms with Crippen LogP contribution in [-0.4, -0.2) is 0 Å². The van der Waals surface area contributed by atoms with E-state index in [0.29, 0.717) is 0 Å². The fourth-order valence-electron chi connectivity index (χ4n) is 3.61. The Kier molecular flexibility index (Phi) is 4.89. The summed E-state index contributed by atoms with van der Waals surface area (Å²) in [6.07, 6.45) is 0.944. The summed E-state index contributed by atoms with van der Waals surface area (Å²) >= 11 is 0. The summed E-state index contributed by atoms with van der Waals surface area (Å²) in [5, 5.41) is 0. The molecule has 0 amide bonds. The monoisotopic (exact) mass is 348 g/mol. The van der Waals surface area contributed by atoms with Gasteiger partial charge in [0.05, 0.1) is 0 Å². The van der Waals surface area contributed by atoms with E-state index < -0.39 is 0 Å². The molecule has 0 spiro atoms. The topological polar surface area (TPSA) is 0 Å². The fraction of sp³-hybridized carbons (Fsp3) is 0.111. The summed E-state index contributed by atoms with van der Waals surface area (Å²) in [5.74, 6) is 0. The molecule has 0 nitrogen and oxygen atoms in total. The van der Waals surface area contributed by atoms with Crippen molar-refractivity contribution in [2.45, 2.75) is 20.3 Å². The lowest BCUT2D eigenvalue weighted by atomic mass is 9.96. The first-order valence-electron chi connectivity index (χ1n) is 9.49. The van der Waals surface area contributed by atoms with E-state index in [1.165, 1.54) is 44.5 Å². The molecule has 0 aliphatic heterocycles. The second kappa shape index (κ2) is 7.63. The van der Waals surface area contributed by atoms with Crippen LogP contribution in [0.4, 0.5) is 0 Å². The highest BCUT2D eigenvalue weighted by Crippen LogP contribution is 2.25. The highest BCUT2D eigenvalue weighted by atomic mass is 14.1. The van der Waals surface area contributed by atoms with Crippen molar-refractivity contribution in [1.29, 1.82) is 0 Å². The van der Waals surface area contributed by atoms with E-state index in [1.54, 1.807) is 0 Å². The molecule has 132 valence electrons. The van der Waals surface area contributed by atoms with Gasteiger partial charge < -0.3 is 0 Å². The van der Waals surface area contributed by atoms with Gasteiger partial charge in [-0.1, -0.05) is 108 Å². The molecular formula is C27H24. The lowest BCUT2D eigenvalue weighted by Gasteiger charge is -2.09. The molecular weight excluding hydrogens is 324 g/mol. The number of hydrogen-bond donors (Lipinski definition) is 0. The first-order chi connectivity index (χ1) is 13.2. The van der Waals surface area contributed by atoms with E-state index >= 15 is 0 Å². The first kappa shape index (κ1) is 17.3. The van der Waals surface area contributed by atoms with Gasteiger partial charge in [0.15, 0.2) is 0 Å². The summed E-state index contributed by atoms with van der Waals surface area (Å²) in [6.45, 7) is 4.29. The molecule has 0 unspecified atom stereocenters. The minimum atomic E-state index is 0.944. The van der Waals surface area contributed by atoms with Gasteiger partial charge in [-0.3, -0.25) is 0 Å². The van der Waals surface area contributed by atoms with Gasteiger partial charge in [0.1, 0.15) is 0 Å². The second-order valence-electron chi connectivity index (χ2n) is 7.32. The van der Waals surface area contributed by atoms with Crippen LogP contribution in [0.5, 0.6) is 0 Å². The van der Waals surface area contributed by atoms with E-state index in [4.69, 9.17) is 0 Å². The summed E-state index contributed by atoms with van der Waals surface area (Å²) in [5.41, 5.74) is 10.4. The van der Waals surface area contributed by atoms with Crippen LogP contribution in [0.25, 0.3) is 22.3 Å². The van der Waals surface area contributed by atoms with Crippen molar-refractivity contribution in [3.05, 3.63) is 119 Å². The van der Waals surface area contributed by atoms with E-state index in [-0.39, 0.29) is 0 Å². The minimum Gasteiger partial charge on any atom is -0.0614 e. The SMILES string of the molecule is Cc1cccc(-c2cccc(Cc3cccc(-c4cccc(C)c4)c3)c2)c1. The third-order valence-corrected chi connectivity index (χ3v) is 4.97. The van der Waals surface area contributed by atoms with Gasteiger partial charge in [-0.2, -0.15) is 0 Å². The van der Waals surface area contributed by atoms with Crippen LogP contribution in [0.1, 0.15) is 22.3 Å². The molecule has 0 saturated carbocycles. The predicted molar refractivity (Wildman–Crippen MR) is 116 cm³/mol. The molecule has 0 heteroatoms. The van der Waals surface area contributed by atoms with Crippen molar-refractivity contribution in [2.75, 3.05) is 0 Å². The molecule has 0 N–H and O–H groups in total. The van der Waals surface area contributed by atoms with Gasteiger partial charge >= 0.3 is 0 Å². The molecule has 27 heavy (non-hydrogen) atoms. The van der Waals surface area contributed by atoms with E-state index in [9.17, 15) is 0 Å². The molecule has 4 aromatic carbocycles. The van der Waals surface area contributed by atoms with Crippen LogP contribution in [-0.2, 0) is 6.42 Å². The summed E-state index contributed by atoms with van der Waals surface area (Å²) in [6, 6.07) is 35.2. The molecule has 4 aromatic rings. The van der Waals surface area contributed by atoms with Gasteiger partial charge in [-0.15, -0.1) is 0 Å². The van der Waals surface area contributed by atoms with Crippen LogP contribution >= 0.6 is 0 Å². The number of hydrogen-bond acceptors (Lipinski definition) is 0. The molecule has 0 heterocycles. The van der Waals surface area contributed by atoms with Gasteiger partial charge in [0.25, 0.3) is 0 Å². The quantitative estimate of drug-likeness (QED) is 0.365. The Morgan fingerprint density at radius 1 is 0.444 bits per heavy atom. The molecule has 0 fully saturated rings. The van der Waals surface area contributed by atoms with Crippen LogP contribution in [0, 0.1) is 13.8 Å². The Balaban J connectivity index is 1.61. The van der Waals surface area contributed by atoms with Crippen LogP contribution in [0.3, 0.4) is 0 Å². The maximum atomic E-state index is 2.31. The third-order valence-electron chi connectivity index (χ3n) is 4.97. The minimum absolute atomic E-state index is 0.944. The van der Waals surface area contributed by atoms with Crippen molar-refractivity contribution < 1.29 is 0 Å². The van der Waals surface area contributed by atoms with Gasteiger partial charge in [-0.25, -0.2) is 0 Å². The molecule has 0 saturated heterocycles. The first-order valence-corrected chi connectivity index (χ1v) is 9.49. The van der Waals surface area contributed by atoms with Crippen LogP contribution in [0.2, 0.25) is 0 Å². The number of rotatable bonds is 4. The van der Waals surface area contributed by atoms with E-state index in [1.807, 2.05) is 0 Å². The van der Waals surface area contributed by atoms with E-state index in [0.717, 1.165) is 6.42 Å². The Morgan fingerprint density at radius 2 is 0.815 bits per heavy atom. The van der Waals surface area contributed by atoms with Gasteiger partial charge in [0.2, 0.25) is 0 Å². The Morgan fingerprint density at radius 3 is 1.22 bits per heavy atom. The van der Waals surface area contributed by atoms with Crippen molar-refractivity contribution >= 4 is 0 Å². The zero-order chi connectivity index (χ0) is 18.6. The summed E-state index contributed by atoms with van der Waals surface area (Å²) in [7, 11) is 0. The lowest BCUT2D eigenvalue weighted by Crippen LogP contribution is -1.90. The molecule has 4 rings (SSSR count). The average Bonchev–Trinajstić information content (AvgIpc) is 2.68. The molecule has 0 radical (unpaired) electrons.